The number of carbonyl (C=O) groups is 3. The maximum absolute atomic E-state index is 12.3. The van der Waals surface area contributed by atoms with Crippen LogP contribution in [0.5, 0.6) is 0 Å². The summed E-state index contributed by atoms with van der Waals surface area (Å²) in [5.41, 5.74) is 7.70. The second-order valence-electron chi connectivity index (χ2n) is 8.26. The summed E-state index contributed by atoms with van der Waals surface area (Å²) < 4.78 is 4.74. The summed E-state index contributed by atoms with van der Waals surface area (Å²) >= 11 is 0. The smallest absolute Gasteiger partial charge is 0.307 e. The Labute approximate surface area is 167 Å². The standard InChI is InChI=1S/C21H33N3O4/c1-13(2)19(22)20(27)23-12-17(25)24-16(11-18(26)28-6)14-7-9-15(10-8-14)21(3,4)5/h7-10,13,16,19H,11-12,22H2,1-6H3,(H,23,27)(H,24,25)/t16?,19-/m0/s1. The predicted molar refractivity (Wildman–Crippen MR) is 108 cm³/mol. The number of hydrogen-bond acceptors (Lipinski definition) is 5. The van der Waals surface area contributed by atoms with Gasteiger partial charge in [-0.05, 0) is 22.5 Å². The summed E-state index contributed by atoms with van der Waals surface area (Å²) in [6.07, 6.45) is -0.00341. The van der Waals surface area contributed by atoms with E-state index in [1.54, 1.807) is 0 Å². The third kappa shape index (κ3) is 7.31. The van der Waals surface area contributed by atoms with Crippen LogP contribution in [0.15, 0.2) is 24.3 Å². The van der Waals surface area contributed by atoms with E-state index in [0.29, 0.717) is 0 Å². The molecule has 7 heteroatoms. The minimum Gasteiger partial charge on any atom is -0.469 e. The van der Waals surface area contributed by atoms with Gasteiger partial charge in [0.1, 0.15) is 0 Å². The molecule has 7 nitrogen and oxygen atoms in total. The van der Waals surface area contributed by atoms with Crippen LogP contribution in [0, 0.1) is 5.92 Å². The molecule has 2 atom stereocenters. The summed E-state index contributed by atoms with van der Waals surface area (Å²) in [5.74, 6) is -1.25. The Balaban J connectivity index is 2.83. The summed E-state index contributed by atoms with van der Waals surface area (Å²) in [6.45, 7) is 9.79. The fourth-order valence-electron chi connectivity index (χ4n) is 2.55. The van der Waals surface area contributed by atoms with Crippen LogP contribution in [0.1, 0.15) is 58.2 Å². The summed E-state index contributed by atoms with van der Waals surface area (Å²) in [5, 5.41) is 5.31. The van der Waals surface area contributed by atoms with Crippen molar-refractivity contribution in [3.8, 4) is 0 Å². The molecular weight excluding hydrogens is 358 g/mol. The Bertz CT molecular complexity index is 678. The fourth-order valence-corrected chi connectivity index (χ4v) is 2.55. The van der Waals surface area contributed by atoms with Gasteiger partial charge in [0.2, 0.25) is 11.8 Å². The Morgan fingerprint density at radius 3 is 2.14 bits per heavy atom. The minimum absolute atomic E-state index is 0.000909. The van der Waals surface area contributed by atoms with Crippen LogP contribution >= 0.6 is 0 Å². The van der Waals surface area contributed by atoms with E-state index >= 15 is 0 Å². The average molecular weight is 392 g/mol. The molecule has 1 aromatic rings. The third-order valence-electron chi connectivity index (χ3n) is 4.56. The van der Waals surface area contributed by atoms with E-state index in [0.717, 1.165) is 11.1 Å². The van der Waals surface area contributed by atoms with Crippen molar-refractivity contribution in [2.45, 2.75) is 58.5 Å². The molecule has 1 rings (SSSR count). The van der Waals surface area contributed by atoms with Gasteiger partial charge in [0.05, 0.1) is 32.2 Å². The van der Waals surface area contributed by atoms with Crippen molar-refractivity contribution in [1.29, 1.82) is 0 Å². The lowest BCUT2D eigenvalue weighted by atomic mass is 9.86. The van der Waals surface area contributed by atoms with Crippen LogP contribution in [0.2, 0.25) is 0 Å². The number of rotatable bonds is 8. The maximum Gasteiger partial charge on any atom is 0.307 e. The number of hydrogen-bond donors (Lipinski definition) is 3. The van der Waals surface area contributed by atoms with Crippen LogP contribution in [0.4, 0.5) is 0 Å². The lowest BCUT2D eigenvalue weighted by Crippen LogP contribution is -2.47. The molecule has 1 aromatic carbocycles. The van der Waals surface area contributed by atoms with Gasteiger partial charge >= 0.3 is 5.97 Å². The largest absolute Gasteiger partial charge is 0.469 e. The van der Waals surface area contributed by atoms with Crippen molar-refractivity contribution in [2.75, 3.05) is 13.7 Å². The van der Waals surface area contributed by atoms with Crippen molar-refractivity contribution < 1.29 is 19.1 Å². The topological polar surface area (TPSA) is 111 Å². The normalized spacial score (nSPS) is 13.6. The molecule has 0 saturated heterocycles. The number of methoxy groups -OCH3 is 1. The van der Waals surface area contributed by atoms with Crippen LogP contribution < -0.4 is 16.4 Å². The maximum atomic E-state index is 12.3. The van der Waals surface area contributed by atoms with Crippen molar-refractivity contribution in [3.05, 3.63) is 35.4 Å². The lowest BCUT2D eigenvalue weighted by Gasteiger charge is -2.22. The van der Waals surface area contributed by atoms with Gasteiger partial charge in [0, 0.05) is 0 Å². The Morgan fingerprint density at radius 2 is 1.68 bits per heavy atom. The molecule has 0 radical (unpaired) electrons. The molecule has 0 aliphatic carbocycles. The average Bonchev–Trinajstić information content (AvgIpc) is 2.64. The van der Waals surface area contributed by atoms with Crippen molar-refractivity contribution in [1.82, 2.24) is 10.6 Å². The molecule has 0 fully saturated rings. The zero-order valence-corrected chi connectivity index (χ0v) is 17.7. The first-order chi connectivity index (χ1) is 13.0. The molecule has 28 heavy (non-hydrogen) atoms. The van der Waals surface area contributed by atoms with Gasteiger partial charge in [-0.25, -0.2) is 0 Å². The molecule has 0 spiro atoms. The van der Waals surface area contributed by atoms with Gasteiger partial charge in [-0.1, -0.05) is 58.9 Å². The molecule has 2 amide bonds. The molecule has 0 saturated carbocycles. The molecule has 156 valence electrons. The molecule has 4 N–H and O–H groups in total. The van der Waals surface area contributed by atoms with E-state index in [2.05, 4.69) is 31.4 Å². The quantitative estimate of drug-likeness (QED) is 0.585. The van der Waals surface area contributed by atoms with Crippen LogP contribution in [0.3, 0.4) is 0 Å². The highest BCUT2D eigenvalue weighted by Gasteiger charge is 2.22. The van der Waals surface area contributed by atoms with Gasteiger partial charge in [-0.3, -0.25) is 14.4 Å². The second kappa shape index (κ2) is 10.2. The fraction of sp³-hybridized carbons (Fsp3) is 0.571. The zero-order valence-electron chi connectivity index (χ0n) is 17.7. The van der Waals surface area contributed by atoms with Crippen molar-refractivity contribution >= 4 is 17.8 Å². The Kier molecular flexibility index (Phi) is 8.63. The van der Waals surface area contributed by atoms with E-state index in [9.17, 15) is 14.4 Å². The molecule has 0 heterocycles. The Morgan fingerprint density at radius 1 is 1.11 bits per heavy atom. The molecular formula is C21H33N3O4. The number of ether oxygens (including phenoxy) is 1. The van der Waals surface area contributed by atoms with E-state index < -0.39 is 24.0 Å². The van der Waals surface area contributed by atoms with Crippen LogP contribution in [-0.2, 0) is 24.5 Å². The van der Waals surface area contributed by atoms with Gasteiger partial charge < -0.3 is 21.1 Å². The predicted octanol–water partition coefficient (Wildman–Crippen LogP) is 1.80. The number of esters is 1. The highest BCUT2D eigenvalue weighted by atomic mass is 16.5. The van der Waals surface area contributed by atoms with E-state index in [1.807, 2.05) is 38.1 Å². The number of amides is 2. The summed E-state index contributed by atoms with van der Waals surface area (Å²) in [4.78, 5) is 36.0. The SMILES string of the molecule is COC(=O)CC(NC(=O)CNC(=O)[C@@H](N)C(C)C)c1ccc(C(C)(C)C)cc1. The number of nitrogens with one attached hydrogen (secondary N) is 2. The van der Waals surface area contributed by atoms with Gasteiger partial charge in [0.25, 0.3) is 0 Å². The van der Waals surface area contributed by atoms with Crippen molar-refractivity contribution in [2.24, 2.45) is 11.7 Å². The van der Waals surface area contributed by atoms with Crippen molar-refractivity contribution in [3.63, 3.8) is 0 Å². The van der Waals surface area contributed by atoms with E-state index in [1.165, 1.54) is 7.11 Å². The highest BCUT2D eigenvalue weighted by molar-refractivity contribution is 5.87. The van der Waals surface area contributed by atoms with Gasteiger partial charge in [-0.15, -0.1) is 0 Å². The van der Waals surface area contributed by atoms with E-state index in [4.69, 9.17) is 10.5 Å². The van der Waals surface area contributed by atoms with Crippen LogP contribution in [0.25, 0.3) is 0 Å². The Hall–Kier alpha value is -2.41. The minimum atomic E-state index is -0.677. The van der Waals surface area contributed by atoms with Gasteiger partial charge in [-0.2, -0.15) is 0 Å². The van der Waals surface area contributed by atoms with Gasteiger partial charge in [0.15, 0.2) is 0 Å². The first-order valence-corrected chi connectivity index (χ1v) is 9.45. The molecule has 0 aliphatic rings. The highest BCUT2D eigenvalue weighted by Crippen LogP contribution is 2.25. The van der Waals surface area contributed by atoms with Crippen LogP contribution in [-0.4, -0.2) is 37.5 Å². The monoisotopic (exact) mass is 391 g/mol. The number of nitrogens with two attached hydrogens (primary N) is 1. The second-order valence-corrected chi connectivity index (χ2v) is 8.26. The van der Waals surface area contributed by atoms with E-state index in [-0.39, 0.29) is 30.2 Å². The molecule has 0 aromatic heterocycles. The molecule has 0 aliphatic heterocycles. The summed E-state index contributed by atoms with van der Waals surface area (Å²) in [7, 11) is 1.30. The lowest BCUT2D eigenvalue weighted by molar-refractivity contribution is -0.141. The third-order valence-corrected chi connectivity index (χ3v) is 4.56. The zero-order chi connectivity index (χ0) is 21.5. The molecule has 1 unspecified atom stereocenters. The number of benzene rings is 1. The number of carbonyl (C=O) groups excluding carboxylic acids is 3. The first kappa shape index (κ1) is 23.6. The summed E-state index contributed by atoms with van der Waals surface area (Å²) in [6, 6.07) is 6.52. The first-order valence-electron chi connectivity index (χ1n) is 9.45. The molecule has 0 bridgehead atoms.